The highest BCUT2D eigenvalue weighted by Gasteiger charge is 2.66. The number of thioether (sulfide) groups is 1. The molecule has 4 aliphatic rings. The van der Waals surface area contributed by atoms with Crippen LogP contribution in [0, 0.1) is 0 Å². The lowest BCUT2D eigenvalue weighted by Crippen LogP contribution is -2.62. The summed E-state index contributed by atoms with van der Waals surface area (Å²) in [5.41, 5.74) is -0.117. The Labute approximate surface area is 288 Å². The van der Waals surface area contributed by atoms with E-state index < -0.39 is 37.5 Å². The lowest BCUT2D eigenvalue weighted by atomic mass is 9.67. The number of nitrogens with one attached hydrogen (secondary N) is 1. The minimum Gasteiger partial charge on any atom is -0.476 e. The standard InChI is InChI=1S/C38H36F3NO5S2/c39-38(40,41)46-28-16-17-33(47-36(20-21-36)48-29-12-6-2-7-13-29)31(22-28)26-23-35(45-25-26)19-18-32-34(49(43,44)30-14-8-3-9-15-30)24-37(35,42-32)27-10-4-1-5-11-27/h1-17,22,26,32,34,42H,18-21,23-25H2. The molecule has 0 amide bonds. The Morgan fingerprint density at radius 1 is 0.837 bits per heavy atom. The molecule has 1 N–H and O–H groups in total. The summed E-state index contributed by atoms with van der Waals surface area (Å²) < 4.78 is 86.4. The molecule has 11 heteroatoms. The second kappa shape index (κ2) is 12.1. The van der Waals surface area contributed by atoms with Crippen molar-refractivity contribution in [3.63, 3.8) is 0 Å². The zero-order chi connectivity index (χ0) is 33.9. The summed E-state index contributed by atoms with van der Waals surface area (Å²) in [5.74, 6) is -0.133. The van der Waals surface area contributed by atoms with E-state index >= 15 is 0 Å². The second-order valence-electron chi connectivity index (χ2n) is 13.5. The number of benzene rings is 4. The molecule has 49 heavy (non-hydrogen) atoms. The summed E-state index contributed by atoms with van der Waals surface area (Å²) in [4.78, 5) is 0.827. The minimum absolute atomic E-state index is 0.238. The van der Waals surface area contributed by atoms with E-state index in [-0.39, 0.29) is 24.3 Å². The number of halogens is 3. The molecule has 4 aromatic carbocycles. The van der Waals surface area contributed by atoms with Crippen LogP contribution >= 0.6 is 11.8 Å². The first-order valence-electron chi connectivity index (χ1n) is 16.6. The monoisotopic (exact) mass is 707 g/mol. The maximum atomic E-state index is 14.1. The van der Waals surface area contributed by atoms with Crippen LogP contribution in [0.5, 0.6) is 11.5 Å². The molecule has 2 bridgehead atoms. The topological polar surface area (TPSA) is 73.9 Å². The summed E-state index contributed by atoms with van der Waals surface area (Å²) in [5, 5.41) is 3.09. The summed E-state index contributed by atoms with van der Waals surface area (Å²) in [6.07, 6.45) is -1.30. The predicted molar refractivity (Wildman–Crippen MR) is 180 cm³/mol. The third kappa shape index (κ3) is 6.02. The predicted octanol–water partition coefficient (Wildman–Crippen LogP) is 8.38. The Balaban J connectivity index is 1.15. The first-order chi connectivity index (χ1) is 23.5. The maximum Gasteiger partial charge on any atom is 0.573 e. The molecule has 3 heterocycles. The zero-order valence-electron chi connectivity index (χ0n) is 26.6. The van der Waals surface area contributed by atoms with Crippen LogP contribution in [0.1, 0.15) is 55.6 Å². The highest BCUT2D eigenvalue weighted by molar-refractivity contribution is 8.00. The van der Waals surface area contributed by atoms with Crippen LogP contribution in [0.2, 0.25) is 0 Å². The third-order valence-corrected chi connectivity index (χ3v) is 14.1. The Bertz CT molecular complexity index is 1930. The molecule has 6 nitrogen and oxygen atoms in total. The molecule has 1 aliphatic carbocycles. The van der Waals surface area contributed by atoms with Crippen molar-refractivity contribution in [3.8, 4) is 11.5 Å². The van der Waals surface area contributed by atoms with E-state index in [2.05, 4.69) is 10.1 Å². The summed E-state index contributed by atoms with van der Waals surface area (Å²) in [6, 6.07) is 32.3. The first kappa shape index (κ1) is 32.7. The molecule has 5 atom stereocenters. The number of sulfone groups is 1. The molecule has 1 spiro atoms. The number of alkyl halides is 3. The van der Waals surface area contributed by atoms with Crippen LogP contribution in [-0.4, -0.2) is 43.2 Å². The van der Waals surface area contributed by atoms with Crippen molar-refractivity contribution in [1.82, 2.24) is 5.32 Å². The van der Waals surface area contributed by atoms with Gasteiger partial charge in [0.15, 0.2) is 14.8 Å². The number of hydrogen-bond acceptors (Lipinski definition) is 7. The highest BCUT2D eigenvalue weighted by Crippen LogP contribution is 2.60. The summed E-state index contributed by atoms with van der Waals surface area (Å²) in [7, 11) is -3.68. The fourth-order valence-corrected chi connectivity index (χ4v) is 11.4. The largest absolute Gasteiger partial charge is 0.573 e. The van der Waals surface area contributed by atoms with Crippen LogP contribution in [0.25, 0.3) is 0 Å². The average molecular weight is 708 g/mol. The van der Waals surface area contributed by atoms with Gasteiger partial charge in [-0.25, -0.2) is 8.42 Å². The van der Waals surface area contributed by atoms with E-state index in [0.717, 1.165) is 23.3 Å². The van der Waals surface area contributed by atoms with E-state index in [0.29, 0.717) is 41.9 Å². The lowest BCUT2D eigenvalue weighted by Gasteiger charge is -2.50. The smallest absolute Gasteiger partial charge is 0.476 e. The number of ether oxygens (including phenoxy) is 3. The van der Waals surface area contributed by atoms with Gasteiger partial charge in [0.2, 0.25) is 0 Å². The number of piperidine rings is 1. The van der Waals surface area contributed by atoms with Crippen molar-refractivity contribution >= 4 is 21.6 Å². The SMILES string of the molecule is O=S(=O)(c1ccccc1)C1CC2(c3ccccc3)NC1CCC21CC(c2cc(OC(F)(F)F)ccc2OC2(Sc3ccccc3)CC2)CO1. The Hall–Kier alpha value is -3.51. The summed E-state index contributed by atoms with van der Waals surface area (Å²) >= 11 is 1.61. The molecule has 4 fully saturated rings. The molecule has 0 radical (unpaired) electrons. The van der Waals surface area contributed by atoms with Gasteiger partial charge >= 0.3 is 6.36 Å². The van der Waals surface area contributed by atoms with Gasteiger partial charge < -0.3 is 19.5 Å². The van der Waals surface area contributed by atoms with Crippen molar-refractivity contribution in [2.45, 2.75) is 88.0 Å². The molecule has 256 valence electrons. The van der Waals surface area contributed by atoms with E-state index in [4.69, 9.17) is 9.47 Å². The van der Waals surface area contributed by atoms with Gasteiger partial charge in [-0.2, -0.15) is 0 Å². The van der Waals surface area contributed by atoms with Gasteiger partial charge in [-0.1, -0.05) is 78.5 Å². The van der Waals surface area contributed by atoms with E-state index in [1.165, 1.54) is 12.1 Å². The van der Waals surface area contributed by atoms with Gasteiger partial charge in [-0.15, -0.1) is 13.2 Å². The van der Waals surface area contributed by atoms with Crippen LogP contribution in [0.15, 0.2) is 119 Å². The van der Waals surface area contributed by atoms with Crippen LogP contribution < -0.4 is 14.8 Å². The molecular formula is C38H36F3NO5S2. The summed E-state index contributed by atoms with van der Waals surface area (Å²) in [6.45, 7) is 0.238. The normalized spacial score (nSPS) is 28.8. The third-order valence-electron chi connectivity index (χ3n) is 10.6. The van der Waals surface area contributed by atoms with Crippen molar-refractivity contribution < 1.29 is 35.8 Å². The Morgan fingerprint density at radius 2 is 1.51 bits per heavy atom. The fourth-order valence-electron chi connectivity index (χ4n) is 8.20. The van der Waals surface area contributed by atoms with Crippen molar-refractivity contribution in [2.75, 3.05) is 6.61 Å². The first-order valence-corrected chi connectivity index (χ1v) is 19.0. The Morgan fingerprint density at radius 3 is 2.18 bits per heavy atom. The van der Waals surface area contributed by atoms with Gasteiger partial charge in [-0.05, 0) is 73.7 Å². The van der Waals surface area contributed by atoms with Crippen molar-refractivity contribution in [3.05, 3.63) is 120 Å². The maximum absolute atomic E-state index is 14.1. The molecule has 1 saturated carbocycles. The molecule has 5 unspecified atom stereocenters. The van der Waals surface area contributed by atoms with Gasteiger partial charge in [0.05, 0.1) is 27.9 Å². The zero-order valence-corrected chi connectivity index (χ0v) is 28.2. The second-order valence-corrected chi connectivity index (χ2v) is 17.1. The van der Waals surface area contributed by atoms with Crippen LogP contribution in [0.3, 0.4) is 0 Å². The van der Waals surface area contributed by atoms with Crippen LogP contribution in [0.4, 0.5) is 13.2 Å². The number of rotatable bonds is 9. The molecule has 3 aliphatic heterocycles. The van der Waals surface area contributed by atoms with E-state index in [9.17, 15) is 21.6 Å². The van der Waals surface area contributed by atoms with E-state index in [1.54, 1.807) is 48.2 Å². The van der Waals surface area contributed by atoms with Crippen molar-refractivity contribution in [2.24, 2.45) is 0 Å². The van der Waals surface area contributed by atoms with E-state index in [1.807, 2.05) is 60.7 Å². The Kier molecular flexibility index (Phi) is 8.05. The average Bonchev–Trinajstić information content (AvgIpc) is 3.55. The molecule has 8 rings (SSSR count). The molecular weight excluding hydrogens is 672 g/mol. The molecule has 3 saturated heterocycles. The number of hydrogen-bond donors (Lipinski definition) is 1. The van der Waals surface area contributed by atoms with Gasteiger partial charge in [0, 0.05) is 35.3 Å². The van der Waals surface area contributed by atoms with Gasteiger partial charge in [0.1, 0.15) is 11.5 Å². The van der Waals surface area contributed by atoms with Gasteiger partial charge in [0.25, 0.3) is 0 Å². The quantitative estimate of drug-likeness (QED) is 0.175. The highest BCUT2D eigenvalue weighted by atomic mass is 32.2. The van der Waals surface area contributed by atoms with Crippen molar-refractivity contribution in [1.29, 1.82) is 0 Å². The molecule has 4 aromatic rings. The number of fused-ring (bicyclic) bond motifs is 3. The lowest BCUT2D eigenvalue weighted by molar-refractivity contribution is -0.274. The molecule has 0 aromatic heterocycles. The fraction of sp³-hybridized carbons (Fsp3) is 0.368. The minimum atomic E-state index is -4.85. The van der Waals surface area contributed by atoms with Gasteiger partial charge in [-0.3, -0.25) is 0 Å². The van der Waals surface area contributed by atoms with Crippen LogP contribution in [-0.2, 0) is 20.1 Å².